The second-order valence-electron chi connectivity index (χ2n) is 5.27. The number of ether oxygens (including phenoxy) is 2. The maximum atomic E-state index is 6.33. The molecule has 0 aromatic carbocycles. The van der Waals surface area contributed by atoms with E-state index in [4.69, 9.17) is 9.47 Å². The predicted molar refractivity (Wildman–Crippen MR) is 80.8 cm³/mol. The number of methoxy groups -OCH3 is 1. The van der Waals surface area contributed by atoms with Gasteiger partial charge in [-0.1, -0.05) is 0 Å². The first-order valence-corrected chi connectivity index (χ1v) is 11.8. The number of hydrogen-bond acceptors (Lipinski definition) is 2. The van der Waals surface area contributed by atoms with Crippen molar-refractivity contribution in [2.75, 3.05) is 23.6 Å². The van der Waals surface area contributed by atoms with Gasteiger partial charge in [0.1, 0.15) is 0 Å². The van der Waals surface area contributed by atoms with E-state index in [1.165, 1.54) is 6.42 Å². The standard InChI is InChI=1S/C11H20I2O2/c1-9(2)11(13(3)4)6-10(15-9,7-14-5)8(11)12/h8H,6-7H2,1-5H3/t8?,10-,11+/m1/s1. The third-order valence-electron chi connectivity index (χ3n) is 3.94. The Bertz CT molecular complexity index is 280. The molecule has 0 aromatic heterocycles. The van der Waals surface area contributed by atoms with Crippen molar-refractivity contribution < 1.29 is 9.47 Å². The van der Waals surface area contributed by atoms with Crippen molar-refractivity contribution in [2.45, 2.75) is 38.8 Å². The summed E-state index contributed by atoms with van der Waals surface area (Å²) in [6, 6.07) is 0. The summed E-state index contributed by atoms with van der Waals surface area (Å²) in [5.74, 6) is 0. The zero-order valence-corrected chi connectivity index (χ0v) is 14.4. The van der Waals surface area contributed by atoms with Gasteiger partial charge in [-0.2, -0.15) is 0 Å². The molecule has 1 saturated carbocycles. The Labute approximate surface area is 113 Å². The molecule has 0 N–H and O–H groups in total. The molecule has 0 aromatic rings. The fourth-order valence-electron chi connectivity index (χ4n) is 3.28. The molecule has 0 radical (unpaired) electrons. The zero-order chi connectivity index (χ0) is 11.5. The number of rotatable bonds is 3. The van der Waals surface area contributed by atoms with Crippen molar-refractivity contribution in [1.82, 2.24) is 0 Å². The van der Waals surface area contributed by atoms with Crippen molar-refractivity contribution in [2.24, 2.45) is 0 Å². The molecule has 2 saturated heterocycles. The quantitative estimate of drug-likeness (QED) is 0.499. The van der Waals surface area contributed by atoms with Gasteiger partial charge in [0.15, 0.2) is 0 Å². The number of hydrogen-bond donors (Lipinski definition) is 0. The van der Waals surface area contributed by atoms with Gasteiger partial charge in [0, 0.05) is 0 Å². The summed E-state index contributed by atoms with van der Waals surface area (Å²) in [6.07, 6.45) is 1.23. The van der Waals surface area contributed by atoms with E-state index in [9.17, 15) is 0 Å². The molecule has 3 fully saturated rings. The molecule has 15 heavy (non-hydrogen) atoms. The fourth-order valence-corrected chi connectivity index (χ4v) is 13.7. The minimum absolute atomic E-state index is 0.0283. The summed E-state index contributed by atoms with van der Waals surface area (Å²) in [7, 11) is 1.78. The first-order valence-electron chi connectivity index (χ1n) is 5.16. The number of fused-ring (bicyclic) bond motifs is 1. The van der Waals surface area contributed by atoms with Gasteiger partial charge in [0.25, 0.3) is 0 Å². The summed E-state index contributed by atoms with van der Waals surface area (Å²) in [5.41, 5.74) is 0.0896. The Morgan fingerprint density at radius 2 is 2.07 bits per heavy atom. The summed E-state index contributed by atoms with van der Waals surface area (Å²) < 4.78 is 12.8. The van der Waals surface area contributed by atoms with E-state index < -0.39 is 19.8 Å². The Hall–Kier alpha value is 1.38. The molecular weight excluding hydrogens is 418 g/mol. The molecule has 3 aliphatic rings. The molecule has 0 amide bonds. The van der Waals surface area contributed by atoms with Crippen molar-refractivity contribution in [3.63, 3.8) is 0 Å². The Kier molecular flexibility index (Phi) is 3.15. The first kappa shape index (κ1) is 12.8. The number of halogens is 2. The average Bonchev–Trinajstić information content (AvgIpc) is 2.44. The maximum absolute atomic E-state index is 6.33. The zero-order valence-electron chi connectivity index (χ0n) is 10.1. The van der Waals surface area contributed by atoms with E-state index in [-0.39, 0.29) is 11.2 Å². The molecule has 90 valence electrons. The molecule has 1 aliphatic carbocycles. The van der Waals surface area contributed by atoms with Crippen LogP contribution in [0.4, 0.5) is 0 Å². The summed E-state index contributed by atoms with van der Waals surface area (Å²) in [5, 5.41) is 0. The molecule has 0 spiro atoms. The summed E-state index contributed by atoms with van der Waals surface area (Å²) in [6.45, 7) is 5.32. The van der Waals surface area contributed by atoms with Crippen LogP contribution in [-0.2, 0) is 9.47 Å². The van der Waals surface area contributed by atoms with Gasteiger partial charge < -0.3 is 0 Å². The van der Waals surface area contributed by atoms with E-state index in [0.717, 1.165) is 6.61 Å². The van der Waals surface area contributed by atoms with Crippen LogP contribution >= 0.6 is 42.4 Å². The van der Waals surface area contributed by atoms with Crippen LogP contribution in [0.3, 0.4) is 0 Å². The Balaban J connectivity index is 2.31. The van der Waals surface area contributed by atoms with Crippen molar-refractivity contribution in [3.8, 4) is 0 Å². The van der Waals surface area contributed by atoms with Gasteiger partial charge in [-0.15, -0.1) is 0 Å². The molecule has 2 heterocycles. The Morgan fingerprint density at radius 1 is 1.47 bits per heavy atom. The van der Waals surface area contributed by atoms with Crippen molar-refractivity contribution in [1.29, 1.82) is 0 Å². The first-order chi connectivity index (χ1) is 6.82. The van der Waals surface area contributed by atoms with Gasteiger partial charge >= 0.3 is 114 Å². The second-order valence-corrected chi connectivity index (χ2v) is 12.8. The fraction of sp³-hybridized carbons (Fsp3) is 1.00. The van der Waals surface area contributed by atoms with Crippen LogP contribution in [0.5, 0.6) is 0 Å². The van der Waals surface area contributed by atoms with E-state index in [1.807, 2.05) is 0 Å². The summed E-state index contributed by atoms with van der Waals surface area (Å²) in [4.78, 5) is 4.95. The van der Waals surface area contributed by atoms with Gasteiger partial charge in [-0.25, -0.2) is 0 Å². The van der Waals surface area contributed by atoms with Crippen LogP contribution in [0.2, 0.25) is 0 Å². The topological polar surface area (TPSA) is 18.5 Å². The third-order valence-corrected chi connectivity index (χ3v) is 13.5. The molecule has 3 atom stereocenters. The minimum atomic E-state index is -0.888. The molecule has 1 unspecified atom stereocenters. The van der Waals surface area contributed by atoms with Crippen molar-refractivity contribution in [3.05, 3.63) is 0 Å². The normalized spacial score (nSPS) is 47.6. The van der Waals surface area contributed by atoms with Crippen LogP contribution < -0.4 is 0 Å². The van der Waals surface area contributed by atoms with Gasteiger partial charge in [0.2, 0.25) is 0 Å². The van der Waals surface area contributed by atoms with Crippen LogP contribution in [0, 0.1) is 0 Å². The molecule has 2 aliphatic heterocycles. The Morgan fingerprint density at radius 3 is 2.40 bits per heavy atom. The van der Waals surface area contributed by atoms with E-state index in [1.54, 1.807) is 7.11 Å². The average molecular weight is 438 g/mol. The van der Waals surface area contributed by atoms with Crippen LogP contribution in [-0.4, -0.2) is 42.1 Å². The molecule has 3 rings (SSSR count). The molecule has 2 bridgehead atoms. The van der Waals surface area contributed by atoms with Crippen LogP contribution in [0.1, 0.15) is 20.3 Å². The van der Waals surface area contributed by atoms with Crippen LogP contribution in [0.25, 0.3) is 0 Å². The third kappa shape index (κ3) is 1.40. The van der Waals surface area contributed by atoms with Gasteiger partial charge in [-0.05, 0) is 0 Å². The van der Waals surface area contributed by atoms with Crippen LogP contribution in [0.15, 0.2) is 0 Å². The molecule has 4 heteroatoms. The second kappa shape index (κ2) is 3.68. The molecule has 2 nitrogen and oxygen atoms in total. The summed E-state index contributed by atoms with van der Waals surface area (Å²) >= 11 is 1.72. The predicted octanol–water partition coefficient (Wildman–Crippen LogP) is 2.89. The number of alkyl halides is 4. The van der Waals surface area contributed by atoms with E-state index >= 15 is 0 Å². The molecular formula is C11H20I2O2. The van der Waals surface area contributed by atoms with E-state index in [2.05, 4.69) is 46.3 Å². The van der Waals surface area contributed by atoms with Crippen molar-refractivity contribution >= 4 is 42.4 Å². The van der Waals surface area contributed by atoms with Gasteiger partial charge in [-0.3, -0.25) is 0 Å². The monoisotopic (exact) mass is 438 g/mol. The SMILES string of the molecule is COC[C@]12C[C@](I(C)C)(C1I)C(C)(C)O2. The van der Waals surface area contributed by atoms with Gasteiger partial charge in [0.05, 0.1) is 0 Å². The van der Waals surface area contributed by atoms with E-state index in [0.29, 0.717) is 7.35 Å².